The third-order valence-electron chi connectivity index (χ3n) is 6.97. The van der Waals surface area contributed by atoms with Gasteiger partial charge in [0, 0.05) is 49.9 Å². The first-order valence-electron chi connectivity index (χ1n) is 11.2. The zero-order valence-electron chi connectivity index (χ0n) is 17.5. The number of nitrogen functional groups attached to an aromatic ring is 1. The van der Waals surface area contributed by atoms with E-state index in [9.17, 15) is 0 Å². The molecule has 2 heterocycles. The van der Waals surface area contributed by atoms with E-state index in [1.54, 1.807) is 0 Å². The maximum atomic E-state index is 5.86. The summed E-state index contributed by atoms with van der Waals surface area (Å²) in [7, 11) is 0. The summed E-state index contributed by atoms with van der Waals surface area (Å²) in [6.07, 6.45) is 2.52. The van der Waals surface area contributed by atoms with Crippen molar-refractivity contribution in [3.63, 3.8) is 0 Å². The van der Waals surface area contributed by atoms with Crippen LogP contribution < -0.4 is 5.73 Å². The summed E-state index contributed by atoms with van der Waals surface area (Å²) in [5.41, 5.74) is 11.0. The summed E-state index contributed by atoms with van der Waals surface area (Å²) in [5, 5.41) is 0. The van der Waals surface area contributed by atoms with Crippen LogP contribution in [0, 0.1) is 0 Å². The second kappa shape index (κ2) is 8.63. The van der Waals surface area contributed by atoms with Gasteiger partial charge in [-0.15, -0.1) is 0 Å². The van der Waals surface area contributed by atoms with Crippen LogP contribution >= 0.6 is 0 Å². The Morgan fingerprint density at radius 3 is 2.03 bits per heavy atom. The van der Waals surface area contributed by atoms with Crippen LogP contribution in [0.1, 0.15) is 35.4 Å². The first kappa shape index (κ1) is 19.3. The van der Waals surface area contributed by atoms with Crippen molar-refractivity contribution in [2.24, 2.45) is 0 Å². The summed E-state index contributed by atoms with van der Waals surface area (Å²) in [4.78, 5) is 5.44. The van der Waals surface area contributed by atoms with E-state index < -0.39 is 0 Å². The largest absolute Gasteiger partial charge is 0.399 e. The lowest BCUT2D eigenvalue weighted by atomic mass is 9.79. The minimum absolute atomic E-state index is 0.442. The number of hydrogen-bond acceptors (Lipinski definition) is 3. The Hall–Kier alpha value is -2.62. The van der Waals surface area contributed by atoms with Crippen molar-refractivity contribution in [3.8, 4) is 0 Å². The molecule has 3 nitrogen and oxygen atoms in total. The van der Waals surface area contributed by atoms with Gasteiger partial charge >= 0.3 is 0 Å². The second-order valence-electron chi connectivity index (χ2n) is 8.80. The Morgan fingerprint density at radius 2 is 1.40 bits per heavy atom. The summed E-state index contributed by atoms with van der Waals surface area (Å²) >= 11 is 0. The molecule has 0 amide bonds. The van der Waals surface area contributed by atoms with Gasteiger partial charge in [0.05, 0.1) is 0 Å². The highest BCUT2D eigenvalue weighted by molar-refractivity contribution is 5.39. The maximum Gasteiger partial charge on any atom is 0.0314 e. The van der Waals surface area contributed by atoms with Gasteiger partial charge in [-0.1, -0.05) is 72.8 Å². The van der Waals surface area contributed by atoms with Crippen LogP contribution in [0.3, 0.4) is 0 Å². The first-order chi connectivity index (χ1) is 14.8. The van der Waals surface area contributed by atoms with Crippen LogP contribution in [0.4, 0.5) is 5.69 Å². The van der Waals surface area contributed by atoms with E-state index in [1.165, 1.54) is 36.1 Å². The number of anilines is 1. The van der Waals surface area contributed by atoms with Crippen molar-refractivity contribution in [1.82, 2.24) is 9.80 Å². The minimum Gasteiger partial charge on any atom is -0.399 e. The van der Waals surface area contributed by atoms with Gasteiger partial charge in [0.1, 0.15) is 0 Å². The zero-order valence-corrected chi connectivity index (χ0v) is 17.5. The van der Waals surface area contributed by atoms with E-state index >= 15 is 0 Å². The van der Waals surface area contributed by atoms with Gasteiger partial charge in [0.2, 0.25) is 0 Å². The van der Waals surface area contributed by atoms with Crippen LogP contribution in [0.5, 0.6) is 0 Å². The van der Waals surface area contributed by atoms with E-state index in [0.717, 1.165) is 25.3 Å². The molecule has 5 rings (SSSR count). The molecule has 30 heavy (non-hydrogen) atoms. The molecule has 0 aromatic heterocycles. The number of fused-ring (bicyclic) bond motifs is 2. The van der Waals surface area contributed by atoms with Crippen molar-refractivity contribution in [3.05, 3.63) is 102 Å². The third kappa shape index (κ3) is 4.00. The van der Waals surface area contributed by atoms with Gasteiger partial charge < -0.3 is 5.73 Å². The fourth-order valence-electron chi connectivity index (χ4n) is 5.44. The molecule has 154 valence electrons. The van der Waals surface area contributed by atoms with Gasteiger partial charge in [0.25, 0.3) is 0 Å². The number of rotatable bonds is 5. The van der Waals surface area contributed by atoms with Crippen LogP contribution in [0.2, 0.25) is 0 Å². The van der Waals surface area contributed by atoms with Crippen molar-refractivity contribution < 1.29 is 0 Å². The molecule has 2 aliphatic heterocycles. The molecule has 3 aromatic carbocycles. The quantitative estimate of drug-likeness (QED) is 0.631. The Bertz CT molecular complexity index is 899. The predicted octanol–water partition coefficient (Wildman–Crippen LogP) is 4.75. The van der Waals surface area contributed by atoms with Gasteiger partial charge in [-0.05, 0) is 41.7 Å². The first-order valence-corrected chi connectivity index (χ1v) is 11.2. The van der Waals surface area contributed by atoms with E-state index in [1.807, 2.05) is 12.1 Å². The van der Waals surface area contributed by atoms with Crippen LogP contribution in [0.25, 0.3) is 0 Å². The SMILES string of the molecule is Nc1ccc(CN2CCN3C[C@H]2CC[C@@H]3C(c2ccccc2)c2ccccc2)cc1. The van der Waals surface area contributed by atoms with Crippen LogP contribution in [-0.2, 0) is 6.54 Å². The molecular formula is C27H31N3. The highest BCUT2D eigenvalue weighted by atomic mass is 15.3. The standard InChI is InChI=1S/C27H31N3/c28-24-13-11-21(12-14-24)19-29-17-18-30-20-25(29)15-16-26(30)27(22-7-3-1-4-8-22)23-9-5-2-6-10-23/h1-14,25-27H,15-20,28H2/t25-,26-/m1/s1. The van der Waals surface area contributed by atoms with Crippen LogP contribution in [0.15, 0.2) is 84.9 Å². The highest BCUT2D eigenvalue weighted by Crippen LogP contribution is 2.38. The molecule has 3 heteroatoms. The van der Waals surface area contributed by atoms with Gasteiger partial charge in [0.15, 0.2) is 0 Å². The number of piperazine rings is 1. The number of hydrogen-bond donors (Lipinski definition) is 1. The average molecular weight is 398 g/mol. The molecule has 2 aliphatic rings. The lowest BCUT2D eigenvalue weighted by Crippen LogP contribution is -2.60. The summed E-state index contributed by atoms with van der Waals surface area (Å²) in [6, 6.07) is 31.8. The molecule has 1 unspecified atom stereocenters. The minimum atomic E-state index is 0.442. The average Bonchev–Trinajstić information content (AvgIpc) is 2.80. The normalized spacial score (nSPS) is 24.1. The van der Waals surface area contributed by atoms with Crippen LogP contribution in [-0.4, -0.2) is 41.5 Å². The highest BCUT2D eigenvalue weighted by Gasteiger charge is 2.39. The lowest BCUT2D eigenvalue weighted by molar-refractivity contribution is -0.00355. The predicted molar refractivity (Wildman–Crippen MR) is 124 cm³/mol. The van der Waals surface area contributed by atoms with E-state index in [0.29, 0.717) is 18.0 Å². The number of nitrogens with zero attached hydrogens (tertiary/aromatic N) is 2. The molecule has 2 N–H and O–H groups in total. The zero-order chi connectivity index (χ0) is 20.3. The molecule has 0 spiro atoms. The topological polar surface area (TPSA) is 32.5 Å². The van der Waals surface area contributed by atoms with Gasteiger partial charge in [-0.25, -0.2) is 0 Å². The summed E-state index contributed by atoms with van der Waals surface area (Å²) in [5.74, 6) is 0.442. The fourth-order valence-corrected chi connectivity index (χ4v) is 5.44. The fraction of sp³-hybridized carbons (Fsp3) is 0.333. The number of piperidine rings is 1. The third-order valence-corrected chi connectivity index (χ3v) is 6.97. The summed E-state index contributed by atoms with van der Waals surface area (Å²) < 4.78 is 0. The molecule has 0 radical (unpaired) electrons. The van der Waals surface area contributed by atoms with E-state index in [2.05, 4.69) is 82.6 Å². The molecule has 0 saturated carbocycles. The van der Waals surface area contributed by atoms with Crippen molar-refractivity contribution in [2.75, 3.05) is 25.4 Å². The molecule has 3 aromatic rings. The Labute approximate surface area is 180 Å². The van der Waals surface area contributed by atoms with Crippen molar-refractivity contribution in [2.45, 2.75) is 37.4 Å². The molecule has 2 saturated heterocycles. The number of benzene rings is 3. The smallest absolute Gasteiger partial charge is 0.0314 e. The molecule has 2 fully saturated rings. The molecular weight excluding hydrogens is 366 g/mol. The second-order valence-corrected chi connectivity index (χ2v) is 8.80. The Balaban J connectivity index is 1.34. The van der Waals surface area contributed by atoms with E-state index in [-0.39, 0.29) is 0 Å². The maximum absolute atomic E-state index is 5.86. The van der Waals surface area contributed by atoms with Gasteiger partial charge in [-0.3, -0.25) is 9.80 Å². The van der Waals surface area contributed by atoms with Crippen molar-refractivity contribution in [1.29, 1.82) is 0 Å². The Morgan fingerprint density at radius 1 is 0.767 bits per heavy atom. The van der Waals surface area contributed by atoms with Crippen molar-refractivity contribution >= 4 is 5.69 Å². The summed E-state index contributed by atoms with van der Waals surface area (Å²) in [6.45, 7) is 4.49. The lowest BCUT2D eigenvalue weighted by Gasteiger charge is -2.51. The van der Waals surface area contributed by atoms with E-state index in [4.69, 9.17) is 5.73 Å². The monoisotopic (exact) mass is 397 g/mol. The Kier molecular flexibility index (Phi) is 5.56. The molecule has 0 aliphatic carbocycles. The number of nitrogens with two attached hydrogens (primary N) is 1. The van der Waals surface area contributed by atoms with Gasteiger partial charge in [-0.2, -0.15) is 0 Å². The molecule has 3 atom stereocenters. The molecule has 2 bridgehead atoms.